The van der Waals surface area contributed by atoms with Crippen LogP contribution in [-0.2, 0) is 10.2 Å². The molecule has 1 aliphatic rings. The molecule has 1 N–H and O–H groups in total. The minimum atomic E-state index is -0.913. The number of carbonyl (C=O) groups is 1. The predicted molar refractivity (Wildman–Crippen MR) is 91.5 cm³/mol. The Kier molecular flexibility index (Phi) is 4.91. The zero-order valence-corrected chi connectivity index (χ0v) is 14.0. The first-order valence-corrected chi connectivity index (χ1v) is 7.76. The highest BCUT2D eigenvalue weighted by Gasteiger charge is 2.20. The van der Waals surface area contributed by atoms with Gasteiger partial charge in [0.15, 0.2) is 0 Å². The van der Waals surface area contributed by atoms with Crippen LogP contribution >= 0.6 is 0 Å². The van der Waals surface area contributed by atoms with E-state index in [-0.39, 0.29) is 5.41 Å². The fraction of sp³-hybridized carbons (Fsp3) is 0.500. The van der Waals surface area contributed by atoms with Gasteiger partial charge in [-0.3, -0.25) is 0 Å². The molecule has 2 rings (SSSR count). The first-order chi connectivity index (χ1) is 10.3. The molecule has 120 valence electrons. The summed E-state index contributed by atoms with van der Waals surface area (Å²) >= 11 is 0. The standard InChI is InChI=1S/C18H26N2O2/c1-18(2,3)15-7-5-14(6-8-17(21)22)16(13-15)20-11-9-19(4)10-12-20/h5-8,13H,9-12H2,1-4H3,(H,21,22)/b8-6+. The lowest BCUT2D eigenvalue weighted by Crippen LogP contribution is -2.44. The molecule has 1 saturated heterocycles. The average molecular weight is 302 g/mol. The Morgan fingerprint density at radius 3 is 2.36 bits per heavy atom. The summed E-state index contributed by atoms with van der Waals surface area (Å²) in [6.07, 6.45) is 2.91. The van der Waals surface area contributed by atoms with Gasteiger partial charge in [0.05, 0.1) is 0 Å². The summed E-state index contributed by atoms with van der Waals surface area (Å²) in [5, 5.41) is 8.89. The van der Waals surface area contributed by atoms with Gasteiger partial charge in [0.1, 0.15) is 0 Å². The zero-order valence-electron chi connectivity index (χ0n) is 14.0. The Hall–Kier alpha value is -1.81. The van der Waals surface area contributed by atoms with E-state index in [9.17, 15) is 4.79 Å². The first-order valence-electron chi connectivity index (χ1n) is 7.76. The van der Waals surface area contributed by atoms with Gasteiger partial charge < -0.3 is 14.9 Å². The first kappa shape index (κ1) is 16.6. The van der Waals surface area contributed by atoms with Crippen molar-refractivity contribution in [2.24, 2.45) is 0 Å². The van der Waals surface area contributed by atoms with E-state index >= 15 is 0 Å². The van der Waals surface area contributed by atoms with Crippen LogP contribution in [0, 0.1) is 0 Å². The molecule has 1 aromatic carbocycles. The number of aliphatic carboxylic acids is 1. The Balaban J connectivity index is 2.39. The van der Waals surface area contributed by atoms with Crippen LogP contribution in [0.5, 0.6) is 0 Å². The molecule has 1 aliphatic heterocycles. The minimum absolute atomic E-state index is 0.0797. The third-order valence-corrected chi connectivity index (χ3v) is 4.15. The molecule has 0 aromatic heterocycles. The molecule has 0 spiro atoms. The van der Waals surface area contributed by atoms with Crippen molar-refractivity contribution in [3.63, 3.8) is 0 Å². The van der Waals surface area contributed by atoms with Gasteiger partial charge in [-0.05, 0) is 35.7 Å². The van der Waals surface area contributed by atoms with Crippen molar-refractivity contribution in [2.75, 3.05) is 38.1 Å². The Morgan fingerprint density at radius 2 is 1.82 bits per heavy atom. The second-order valence-corrected chi connectivity index (χ2v) is 6.99. The molecular formula is C18H26N2O2. The molecule has 0 amide bonds. The fourth-order valence-corrected chi connectivity index (χ4v) is 2.63. The number of piperazine rings is 1. The lowest BCUT2D eigenvalue weighted by atomic mass is 9.86. The van der Waals surface area contributed by atoms with Crippen molar-refractivity contribution in [3.05, 3.63) is 35.4 Å². The normalized spacial score (nSPS) is 17.2. The summed E-state index contributed by atoms with van der Waals surface area (Å²) < 4.78 is 0. The number of anilines is 1. The average Bonchev–Trinajstić information content (AvgIpc) is 2.45. The van der Waals surface area contributed by atoms with Gasteiger partial charge in [-0.2, -0.15) is 0 Å². The maximum absolute atomic E-state index is 10.8. The molecule has 1 heterocycles. The second kappa shape index (κ2) is 6.53. The number of hydrogen-bond donors (Lipinski definition) is 1. The minimum Gasteiger partial charge on any atom is -0.478 e. The van der Waals surface area contributed by atoms with E-state index in [1.165, 1.54) is 11.6 Å². The number of likely N-dealkylation sites (N-methyl/N-ethyl adjacent to an activating group) is 1. The van der Waals surface area contributed by atoms with E-state index in [4.69, 9.17) is 5.11 Å². The molecule has 0 unspecified atom stereocenters. The third-order valence-electron chi connectivity index (χ3n) is 4.15. The van der Waals surface area contributed by atoms with Gasteiger partial charge in [-0.15, -0.1) is 0 Å². The van der Waals surface area contributed by atoms with Crippen LogP contribution in [0.15, 0.2) is 24.3 Å². The number of rotatable bonds is 3. The highest BCUT2D eigenvalue weighted by atomic mass is 16.4. The number of carboxylic acid groups (broad SMARTS) is 1. The Morgan fingerprint density at radius 1 is 1.18 bits per heavy atom. The number of nitrogens with zero attached hydrogens (tertiary/aromatic N) is 2. The SMILES string of the molecule is CN1CCN(c2cc(C(C)(C)C)ccc2/C=C/C(=O)O)CC1. The number of carboxylic acids is 1. The van der Waals surface area contributed by atoms with Gasteiger partial charge >= 0.3 is 5.97 Å². The van der Waals surface area contributed by atoms with Crippen LogP contribution in [0.2, 0.25) is 0 Å². The van der Waals surface area contributed by atoms with Crippen LogP contribution in [0.4, 0.5) is 5.69 Å². The zero-order chi connectivity index (χ0) is 16.3. The van der Waals surface area contributed by atoms with Crippen molar-refractivity contribution in [1.29, 1.82) is 0 Å². The van der Waals surface area contributed by atoms with E-state index in [0.29, 0.717) is 0 Å². The monoisotopic (exact) mass is 302 g/mol. The summed E-state index contributed by atoms with van der Waals surface area (Å²) in [5.74, 6) is -0.913. The van der Waals surface area contributed by atoms with Gasteiger partial charge in [-0.25, -0.2) is 4.79 Å². The van der Waals surface area contributed by atoms with E-state index in [0.717, 1.165) is 37.4 Å². The maximum atomic E-state index is 10.8. The van der Waals surface area contributed by atoms with Crippen molar-refractivity contribution in [1.82, 2.24) is 4.90 Å². The molecule has 0 bridgehead atoms. The number of hydrogen-bond acceptors (Lipinski definition) is 3. The summed E-state index contributed by atoms with van der Waals surface area (Å²) in [6, 6.07) is 6.35. The van der Waals surface area contributed by atoms with Gasteiger partial charge in [0, 0.05) is 37.9 Å². The summed E-state index contributed by atoms with van der Waals surface area (Å²) in [5.41, 5.74) is 3.46. The lowest BCUT2D eigenvalue weighted by Gasteiger charge is -2.35. The molecule has 1 aromatic rings. The van der Waals surface area contributed by atoms with Crippen molar-refractivity contribution < 1.29 is 9.90 Å². The van der Waals surface area contributed by atoms with Gasteiger partial charge in [-0.1, -0.05) is 32.9 Å². The van der Waals surface area contributed by atoms with E-state index in [2.05, 4.69) is 49.8 Å². The maximum Gasteiger partial charge on any atom is 0.328 e. The van der Waals surface area contributed by atoms with E-state index in [1.54, 1.807) is 6.08 Å². The van der Waals surface area contributed by atoms with Crippen LogP contribution in [0.25, 0.3) is 6.08 Å². The predicted octanol–water partition coefficient (Wildman–Crippen LogP) is 2.83. The van der Waals surface area contributed by atoms with Crippen LogP contribution in [0.3, 0.4) is 0 Å². The van der Waals surface area contributed by atoms with Crippen LogP contribution < -0.4 is 4.90 Å². The molecule has 0 aliphatic carbocycles. The summed E-state index contributed by atoms with van der Waals surface area (Å²) in [4.78, 5) is 15.5. The highest BCUT2D eigenvalue weighted by Crippen LogP contribution is 2.30. The molecule has 1 fully saturated rings. The lowest BCUT2D eigenvalue weighted by molar-refractivity contribution is -0.131. The fourth-order valence-electron chi connectivity index (χ4n) is 2.63. The molecule has 4 heteroatoms. The summed E-state index contributed by atoms with van der Waals surface area (Å²) in [6.45, 7) is 10.6. The second-order valence-electron chi connectivity index (χ2n) is 6.99. The Bertz CT molecular complexity index is 565. The topological polar surface area (TPSA) is 43.8 Å². The van der Waals surface area contributed by atoms with Crippen LogP contribution in [-0.4, -0.2) is 49.2 Å². The van der Waals surface area contributed by atoms with E-state index in [1.807, 2.05) is 6.07 Å². The smallest absolute Gasteiger partial charge is 0.328 e. The molecule has 4 nitrogen and oxygen atoms in total. The van der Waals surface area contributed by atoms with E-state index < -0.39 is 5.97 Å². The van der Waals surface area contributed by atoms with Crippen molar-refractivity contribution in [3.8, 4) is 0 Å². The molecule has 0 radical (unpaired) electrons. The van der Waals surface area contributed by atoms with Gasteiger partial charge in [0.2, 0.25) is 0 Å². The largest absolute Gasteiger partial charge is 0.478 e. The number of benzene rings is 1. The van der Waals surface area contributed by atoms with Gasteiger partial charge in [0.25, 0.3) is 0 Å². The third kappa shape index (κ3) is 4.10. The molecule has 0 saturated carbocycles. The van der Waals surface area contributed by atoms with Crippen molar-refractivity contribution in [2.45, 2.75) is 26.2 Å². The van der Waals surface area contributed by atoms with Crippen LogP contribution in [0.1, 0.15) is 31.9 Å². The summed E-state index contributed by atoms with van der Waals surface area (Å²) in [7, 11) is 2.13. The molecule has 0 atom stereocenters. The molecule has 22 heavy (non-hydrogen) atoms. The Labute approximate surface area is 133 Å². The highest BCUT2D eigenvalue weighted by molar-refractivity contribution is 5.87. The quantitative estimate of drug-likeness (QED) is 0.872. The van der Waals surface area contributed by atoms with Crippen molar-refractivity contribution >= 4 is 17.7 Å². The molecular weight excluding hydrogens is 276 g/mol.